The Morgan fingerprint density at radius 2 is 2.00 bits per heavy atom. The summed E-state index contributed by atoms with van der Waals surface area (Å²) < 4.78 is 5.82. The summed E-state index contributed by atoms with van der Waals surface area (Å²) in [5, 5.41) is 3.67. The number of halogens is 1. The Balaban J connectivity index is 1.65. The number of hydrogen-bond acceptors (Lipinski definition) is 2. The van der Waals surface area contributed by atoms with Gasteiger partial charge in [0.1, 0.15) is 5.75 Å². The van der Waals surface area contributed by atoms with Gasteiger partial charge in [-0.25, -0.2) is 0 Å². The standard InChI is InChI=1S/C21H24ClNO2/c1-3-20(25-19-9-5-8-18(22)13-19)21(24)23-14(2)16-11-10-15-6-4-7-17(15)12-16/h5,8-14,20H,3-4,6-7H2,1-2H3,(H,23,24)/t14-,20-/m0/s1. The molecule has 0 fully saturated rings. The normalized spacial score (nSPS) is 15.3. The van der Waals surface area contributed by atoms with Gasteiger partial charge in [0.25, 0.3) is 5.91 Å². The highest BCUT2D eigenvalue weighted by molar-refractivity contribution is 6.30. The number of rotatable bonds is 6. The second-order valence-corrected chi connectivity index (χ2v) is 7.02. The fourth-order valence-electron chi connectivity index (χ4n) is 3.28. The van der Waals surface area contributed by atoms with E-state index in [1.54, 1.807) is 12.1 Å². The minimum atomic E-state index is -0.532. The number of benzene rings is 2. The van der Waals surface area contributed by atoms with Crippen molar-refractivity contribution in [3.8, 4) is 5.75 Å². The fraction of sp³-hybridized carbons (Fsp3) is 0.381. The molecule has 1 N–H and O–H groups in total. The molecule has 0 saturated carbocycles. The third kappa shape index (κ3) is 4.35. The molecule has 0 bridgehead atoms. The van der Waals surface area contributed by atoms with Crippen molar-refractivity contribution in [3.63, 3.8) is 0 Å². The SMILES string of the molecule is CC[C@H](Oc1cccc(Cl)c1)C(=O)N[C@@H](C)c1ccc2c(c1)CCC2. The summed E-state index contributed by atoms with van der Waals surface area (Å²) in [6.45, 7) is 3.95. The van der Waals surface area contributed by atoms with Crippen LogP contribution in [0.25, 0.3) is 0 Å². The average Bonchev–Trinajstić information content (AvgIpc) is 3.07. The number of carbonyl (C=O) groups excluding carboxylic acids is 1. The minimum absolute atomic E-state index is 0.0459. The van der Waals surface area contributed by atoms with Crippen LogP contribution in [-0.2, 0) is 17.6 Å². The molecule has 132 valence electrons. The van der Waals surface area contributed by atoms with Crippen molar-refractivity contribution < 1.29 is 9.53 Å². The molecule has 0 spiro atoms. The third-order valence-corrected chi connectivity index (χ3v) is 4.95. The van der Waals surface area contributed by atoms with E-state index in [0.29, 0.717) is 17.2 Å². The Morgan fingerprint density at radius 3 is 2.76 bits per heavy atom. The lowest BCUT2D eigenvalue weighted by Crippen LogP contribution is -2.39. The topological polar surface area (TPSA) is 38.3 Å². The van der Waals surface area contributed by atoms with Crippen molar-refractivity contribution in [2.24, 2.45) is 0 Å². The lowest BCUT2D eigenvalue weighted by atomic mass is 10.0. The van der Waals surface area contributed by atoms with Crippen LogP contribution in [0, 0.1) is 0 Å². The van der Waals surface area contributed by atoms with E-state index in [1.807, 2.05) is 26.0 Å². The van der Waals surface area contributed by atoms with E-state index < -0.39 is 6.10 Å². The summed E-state index contributed by atoms with van der Waals surface area (Å²) in [6, 6.07) is 13.6. The smallest absolute Gasteiger partial charge is 0.261 e. The van der Waals surface area contributed by atoms with Crippen LogP contribution >= 0.6 is 11.6 Å². The largest absolute Gasteiger partial charge is 0.481 e. The van der Waals surface area contributed by atoms with Gasteiger partial charge in [0.2, 0.25) is 0 Å². The van der Waals surface area contributed by atoms with Crippen molar-refractivity contribution in [2.75, 3.05) is 0 Å². The van der Waals surface area contributed by atoms with Crippen LogP contribution < -0.4 is 10.1 Å². The van der Waals surface area contributed by atoms with Gasteiger partial charge in [0.15, 0.2) is 6.10 Å². The van der Waals surface area contributed by atoms with Crippen LogP contribution in [-0.4, -0.2) is 12.0 Å². The maximum absolute atomic E-state index is 12.6. The molecule has 4 heteroatoms. The molecule has 0 aromatic heterocycles. The van der Waals surface area contributed by atoms with Crippen molar-refractivity contribution in [1.29, 1.82) is 0 Å². The predicted octanol–water partition coefficient (Wildman–Crippen LogP) is 4.86. The zero-order chi connectivity index (χ0) is 17.8. The van der Waals surface area contributed by atoms with E-state index in [0.717, 1.165) is 12.0 Å². The molecular weight excluding hydrogens is 334 g/mol. The lowest BCUT2D eigenvalue weighted by Gasteiger charge is -2.21. The molecule has 0 aliphatic heterocycles. The van der Waals surface area contributed by atoms with Crippen molar-refractivity contribution >= 4 is 17.5 Å². The lowest BCUT2D eigenvalue weighted by molar-refractivity contribution is -0.128. The molecule has 0 heterocycles. The van der Waals surface area contributed by atoms with Gasteiger partial charge in [-0.2, -0.15) is 0 Å². The van der Waals surface area contributed by atoms with Gasteiger partial charge in [0.05, 0.1) is 6.04 Å². The van der Waals surface area contributed by atoms with Gasteiger partial charge in [-0.1, -0.05) is 42.8 Å². The highest BCUT2D eigenvalue weighted by Gasteiger charge is 2.21. The van der Waals surface area contributed by atoms with E-state index in [2.05, 4.69) is 23.5 Å². The summed E-state index contributed by atoms with van der Waals surface area (Å²) in [4.78, 5) is 12.6. The van der Waals surface area contributed by atoms with E-state index in [-0.39, 0.29) is 11.9 Å². The van der Waals surface area contributed by atoms with Gasteiger partial charge in [0, 0.05) is 5.02 Å². The van der Waals surface area contributed by atoms with Crippen molar-refractivity contribution in [2.45, 2.75) is 51.7 Å². The van der Waals surface area contributed by atoms with Crippen LogP contribution in [0.3, 0.4) is 0 Å². The molecule has 3 rings (SSSR count). The number of aryl methyl sites for hydroxylation is 2. The molecule has 0 saturated heterocycles. The first-order valence-electron chi connectivity index (χ1n) is 8.91. The number of carbonyl (C=O) groups is 1. The quantitative estimate of drug-likeness (QED) is 0.801. The van der Waals surface area contributed by atoms with Gasteiger partial charge in [-0.05, 0) is 67.5 Å². The Hall–Kier alpha value is -2.00. The molecule has 0 unspecified atom stereocenters. The van der Waals surface area contributed by atoms with E-state index in [9.17, 15) is 4.79 Å². The van der Waals surface area contributed by atoms with Gasteiger partial charge in [-0.15, -0.1) is 0 Å². The highest BCUT2D eigenvalue weighted by atomic mass is 35.5. The summed E-state index contributed by atoms with van der Waals surface area (Å²) in [5.74, 6) is 0.509. The van der Waals surface area contributed by atoms with Crippen LogP contribution in [0.2, 0.25) is 5.02 Å². The summed E-state index contributed by atoms with van der Waals surface area (Å²) in [5.41, 5.74) is 4.01. The third-order valence-electron chi connectivity index (χ3n) is 4.72. The van der Waals surface area contributed by atoms with Crippen LogP contribution in [0.1, 0.15) is 49.4 Å². The second-order valence-electron chi connectivity index (χ2n) is 6.58. The highest BCUT2D eigenvalue weighted by Crippen LogP contribution is 2.25. The first kappa shape index (κ1) is 17.8. The van der Waals surface area contributed by atoms with Gasteiger partial charge >= 0.3 is 0 Å². The molecular formula is C21H24ClNO2. The molecule has 3 nitrogen and oxygen atoms in total. The van der Waals surface area contributed by atoms with Crippen molar-refractivity contribution in [3.05, 3.63) is 64.2 Å². The number of ether oxygens (including phenoxy) is 1. The number of hydrogen-bond donors (Lipinski definition) is 1. The maximum atomic E-state index is 12.6. The predicted molar refractivity (Wildman–Crippen MR) is 101 cm³/mol. The number of fused-ring (bicyclic) bond motifs is 1. The Morgan fingerprint density at radius 1 is 1.20 bits per heavy atom. The molecule has 1 aliphatic carbocycles. The molecule has 2 aromatic rings. The first-order valence-corrected chi connectivity index (χ1v) is 9.29. The maximum Gasteiger partial charge on any atom is 0.261 e. The molecule has 2 atom stereocenters. The zero-order valence-electron chi connectivity index (χ0n) is 14.7. The summed E-state index contributed by atoms with van der Waals surface area (Å²) in [6.07, 6.45) is 3.59. The van der Waals surface area contributed by atoms with Crippen LogP contribution in [0.15, 0.2) is 42.5 Å². The average molecular weight is 358 g/mol. The zero-order valence-corrected chi connectivity index (χ0v) is 15.5. The monoisotopic (exact) mass is 357 g/mol. The van der Waals surface area contributed by atoms with E-state index in [1.165, 1.54) is 24.0 Å². The van der Waals surface area contributed by atoms with Gasteiger partial charge in [-0.3, -0.25) is 4.79 Å². The molecule has 1 amide bonds. The van der Waals surface area contributed by atoms with Crippen molar-refractivity contribution in [1.82, 2.24) is 5.32 Å². The van der Waals surface area contributed by atoms with E-state index >= 15 is 0 Å². The number of nitrogens with one attached hydrogen (secondary N) is 1. The Kier molecular flexibility index (Phi) is 5.64. The molecule has 0 radical (unpaired) electrons. The second kappa shape index (κ2) is 7.92. The molecule has 25 heavy (non-hydrogen) atoms. The Labute approximate surface area is 154 Å². The molecule has 2 aromatic carbocycles. The summed E-state index contributed by atoms with van der Waals surface area (Å²) in [7, 11) is 0. The molecule has 1 aliphatic rings. The van der Waals surface area contributed by atoms with Gasteiger partial charge < -0.3 is 10.1 Å². The minimum Gasteiger partial charge on any atom is -0.481 e. The number of amides is 1. The first-order chi connectivity index (χ1) is 12.1. The Bertz CT molecular complexity index is 759. The van der Waals surface area contributed by atoms with Crippen LogP contribution in [0.4, 0.5) is 0 Å². The summed E-state index contributed by atoms with van der Waals surface area (Å²) >= 11 is 5.98. The fourth-order valence-corrected chi connectivity index (χ4v) is 3.46. The van der Waals surface area contributed by atoms with Crippen LogP contribution in [0.5, 0.6) is 5.75 Å². The van der Waals surface area contributed by atoms with E-state index in [4.69, 9.17) is 16.3 Å².